The van der Waals surface area contributed by atoms with Gasteiger partial charge in [0.15, 0.2) is 0 Å². The molecule has 86 valence electrons. The molecular weight excluding hydrogens is 198 g/mol. The molecule has 1 N–H and O–H groups in total. The van der Waals surface area contributed by atoms with Crippen molar-refractivity contribution < 1.29 is 0 Å². The van der Waals surface area contributed by atoms with Crippen molar-refractivity contribution in [3.8, 4) is 6.07 Å². The van der Waals surface area contributed by atoms with Gasteiger partial charge in [-0.05, 0) is 46.1 Å². The smallest absolute Gasteiger partial charge is 0.0992 e. The average Bonchev–Trinajstić information content (AvgIpc) is 2.26. The molecule has 1 aromatic carbocycles. The van der Waals surface area contributed by atoms with Crippen LogP contribution in [0.4, 0.5) is 5.69 Å². The molecule has 1 aromatic rings. The summed E-state index contributed by atoms with van der Waals surface area (Å²) in [6, 6.07) is 9.68. The van der Waals surface area contributed by atoms with Gasteiger partial charge in [0, 0.05) is 17.8 Å². The quantitative estimate of drug-likeness (QED) is 0.841. The number of nitriles is 1. The first-order valence-corrected chi connectivity index (χ1v) is 5.37. The first kappa shape index (κ1) is 12.5. The molecule has 0 aliphatic heterocycles. The monoisotopic (exact) mass is 217 g/mol. The third-order valence-electron chi connectivity index (χ3n) is 2.93. The molecule has 0 aliphatic carbocycles. The molecule has 0 amide bonds. The van der Waals surface area contributed by atoms with E-state index < -0.39 is 0 Å². The Balaban J connectivity index is 2.65. The minimum Gasteiger partial charge on any atom is -0.383 e. The van der Waals surface area contributed by atoms with Crippen molar-refractivity contribution in [3.05, 3.63) is 29.8 Å². The summed E-state index contributed by atoms with van der Waals surface area (Å²) in [4.78, 5) is 2.17. The predicted octanol–water partition coefficient (Wildman–Crippen LogP) is 2.31. The van der Waals surface area contributed by atoms with Gasteiger partial charge in [-0.25, -0.2) is 0 Å². The van der Waals surface area contributed by atoms with Crippen LogP contribution in [0.3, 0.4) is 0 Å². The van der Waals surface area contributed by atoms with Gasteiger partial charge in [-0.2, -0.15) is 5.26 Å². The molecule has 0 unspecified atom stereocenters. The number of nitrogens with zero attached hydrogens (tertiary/aromatic N) is 2. The van der Waals surface area contributed by atoms with E-state index in [0.717, 1.165) is 12.2 Å². The normalized spacial score (nSPS) is 11.2. The molecule has 0 aliphatic rings. The third kappa shape index (κ3) is 3.25. The molecule has 3 nitrogen and oxygen atoms in total. The second-order valence-corrected chi connectivity index (χ2v) is 4.75. The van der Waals surface area contributed by atoms with Gasteiger partial charge in [-0.3, -0.25) is 0 Å². The number of nitrogens with one attached hydrogen (secondary N) is 1. The second-order valence-electron chi connectivity index (χ2n) is 4.75. The fraction of sp³-hybridized carbons (Fsp3) is 0.462. The van der Waals surface area contributed by atoms with Crippen LogP contribution in [0.5, 0.6) is 0 Å². The highest BCUT2D eigenvalue weighted by Gasteiger charge is 2.19. The van der Waals surface area contributed by atoms with Gasteiger partial charge in [0.1, 0.15) is 0 Å². The molecular formula is C13H19N3. The summed E-state index contributed by atoms with van der Waals surface area (Å²) in [5, 5.41) is 12.1. The summed E-state index contributed by atoms with van der Waals surface area (Å²) in [7, 11) is 4.13. The number of hydrogen-bond donors (Lipinski definition) is 1. The summed E-state index contributed by atoms with van der Waals surface area (Å²) >= 11 is 0. The molecule has 1 rings (SSSR count). The van der Waals surface area contributed by atoms with Crippen LogP contribution in [-0.2, 0) is 0 Å². The summed E-state index contributed by atoms with van der Waals surface area (Å²) in [6.45, 7) is 5.19. The molecule has 0 aromatic heterocycles. The molecule has 0 spiro atoms. The van der Waals surface area contributed by atoms with Crippen molar-refractivity contribution in [1.29, 1.82) is 5.26 Å². The van der Waals surface area contributed by atoms with E-state index in [0.29, 0.717) is 5.56 Å². The van der Waals surface area contributed by atoms with Crippen LogP contribution in [0.25, 0.3) is 0 Å². The lowest BCUT2D eigenvalue weighted by Gasteiger charge is -2.33. The SMILES string of the molecule is CN(C)C(C)(C)CNc1cccc(C#N)c1. The fourth-order valence-corrected chi connectivity index (χ4v) is 1.18. The standard InChI is InChI=1S/C13H19N3/c1-13(2,16(3)4)10-15-12-7-5-6-11(8-12)9-14/h5-8,15H,10H2,1-4H3. The van der Waals surface area contributed by atoms with Crippen LogP contribution in [0.15, 0.2) is 24.3 Å². The van der Waals surface area contributed by atoms with Gasteiger partial charge in [-0.15, -0.1) is 0 Å². The summed E-state index contributed by atoms with van der Waals surface area (Å²) in [5.74, 6) is 0. The number of benzene rings is 1. The van der Waals surface area contributed by atoms with Crippen molar-refractivity contribution in [1.82, 2.24) is 4.90 Å². The van der Waals surface area contributed by atoms with Crippen LogP contribution >= 0.6 is 0 Å². The van der Waals surface area contributed by atoms with E-state index in [4.69, 9.17) is 5.26 Å². The van der Waals surface area contributed by atoms with Gasteiger partial charge in [-0.1, -0.05) is 6.07 Å². The maximum atomic E-state index is 8.79. The first-order valence-electron chi connectivity index (χ1n) is 5.37. The number of hydrogen-bond acceptors (Lipinski definition) is 3. The summed E-state index contributed by atoms with van der Waals surface area (Å²) < 4.78 is 0. The van der Waals surface area contributed by atoms with Gasteiger partial charge in [0.05, 0.1) is 11.6 Å². The highest BCUT2D eigenvalue weighted by molar-refractivity contribution is 5.49. The molecule has 0 fully saturated rings. The second kappa shape index (κ2) is 5.00. The summed E-state index contributed by atoms with van der Waals surface area (Å²) in [6.07, 6.45) is 0. The molecule has 0 saturated carbocycles. The van der Waals surface area contributed by atoms with Crippen molar-refractivity contribution in [2.75, 3.05) is 26.0 Å². The Labute approximate surface area is 97.7 Å². The van der Waals surface area contributed by atoms with Crippen LogP contribution in [0.1, 0.15) is 19.4 Å². The Kier molecular flexibility index (Phi) is 3.92. The largest absolute Gasteiger partial charge is 0.383 e. The fourth-order valence-electron chi connectivity index (χ4n) is 1.18. The highest BCUT2D eigenvalue weighted by Crippen LogP contribution is 2.14. The third-order valence-corrected chi connectivity index (χ3v) is 2.93. The van der Waals surface area contributed by atoms with Crippen molar-refractivity contribution >= 4 is 5.69 Å². The van der Waals surface area contributed by atoms with E-state index in [1.54, 1.807) is 0 Å². The Hall–Kier alpha value is -1.53. The van der Waals surface area contributed by atoms with E-state index in [2.05, 4.69) is 44.2 Å². The molecule has 0 radical (unpaired) electrons. The zero-order valence-electron chi connectivity index (χ0n) is 10.4. The van der Waals surface area contributed by atoms with Crippen molar-refractivity contribution in [3.63, 3.8) is 0 Å². The van der Waals surface area contributed by atoms with Crippen LogP contribution in [0, 0.1) is 11.3 Å². The Bertz CT molecular complexity index is 388. The minimum absolute atomic E-state index is 0.0860. The predicted molar refractivity (Wildman–Crippen MR) is 67.4 cm³/mol. The lowest BCUT2D eigenvalue weighted by Crippen LogP contribution is -2.44. The molecule has 0 atom stereocenters. The van der Waals surface area contributed by atoms with Gasteiger partial charge in [0.2, 0.25) is 0 Å². The molecule has 0 heterocycles. The number of rotatable bonds is 4. The Morgan fingerprint density at radius 2 is 2.06 bits per heavy atom. The Morgan fingerprint density at radius 1 is 1.38 bits per heavy atom. The molecule has 16 heavy (non-hydrogen) atoms. The van der Waals surface area contributed by atoms with E-state index >= 15 is 0 Å². The lowest BCUT2D eigenvalue weighted by atomic mass is 10.0. The van der Waals surface area contributed by atoms with Crippen LogP contribution < -0.4 is 5.32 Å². The van der Waals surface area contributed by atoms with Gasteiger partial charge >= 0.3 is 0 Å². The van der Waals surface area contributed by atoms with Crippen molar-refractivity contribution in [2.45, 2.75) is 19.4 Å². The van der Waals surface area contributed by atoms with E-state index in [1.807, 2.05) is 24.3 Å². The maximum Gasteiger partial charge on any atom is 0.0992 e. The van der Waals surface area contributed by atoms with E-state index in [9.17, 15) is 0 Å². The minimum atomic E-state index is 0.0860. The first-order chi connectivity index (χ1) is 7.45. The van der Waals surface area contributed by atoms with E-state index in [1.165, 1.54) is 0 Å². The van der Waals surface area contributed by atoms with Crippen LogP contribution in [-0.4, -0.2) is 31.1 Å². The maximum absolute atomic E-state index is 8.79. The molecule has 3 heteroatoms. The molecule has 0 saturated heterocycles. The lowest BCUT2D eigenvalue weighted by molar-refractivity contribution is 0.210. The van der Waals surface area contributed by atoms with Crippen molar-refractivity contribution in [2.24, 2.45) is 0 Å². The molecule has 0 bridgehead atoms. The van der Waals surface area contributed by atoms with Crippen LogP contribution in [0.2, 0.25) is 0 Å². The van der Waals surface area contributed by atoms with Gasteiger partial charge < -0.3 is 10.2 Å². The zero-order chi connectivity index (χ0) is 12.2. The number of likely N-dealkylation sites (N-methyl/N-ethyl adjacent to an activating group) is 1. The average molecular weight is 217 g/mol. The topological polar surface area (TPSA) is 39.1 Å². The highest BCUT2D eigenvalue weighted by atomic mass is 15.2. The zero-order valence-corrected chi connectivity index (χ0v) is 10.4. The van der Waals surface area contributed by atoms with Gasteiger partial charge in [0.25, 0.3) is 0 Å². The van der Waals surface area contributed by atoms with E-state index in [-0.39, 0.29) is 5.54 Å². The summed E-state index contributed by atoms with van der Waals surface area (Å²) in [5.41, 5.74) is 1.77. The Morgan fingerprint density at radius 3 is 2.62 bits per heavy atom. The number of anilines is 1.